The van der Waals surface area contributed by atoms with E-state index in [0.717, 1.165) is 6.07 Å². The summed E-state index contributed by atoms with van der Waals surface area (Å²) >= 11 is 0. The second-order valence-corrected chi connectivity index (χ2v) is 3.55. The van der Waals surface area contributed by atoms with Crippen molar-refractivity contribution in [1.82, 2.24) is 0 Å². The van der Waals surface area contributed by atoms with Crippen molar-refractivity contribution < 1.29 is 26.7 Å². The van der Waals surface area contributed by atoms with Crippen LogP contribution in [0.15, 0.2) is 24.3 Å². The van der Waals surface area contributed by atoms with Crippen LogP contribution in [0.1, 0.15) is 18.9 Å². The van der Waals surface area contributed by atoms with E-state index in [0.29, 0.717) is 12.1 Å². The first-order chi connectivity index (χ1) is 8.18. The molecule has 0 spiro atoms. The first-order valence-electron chi connectivity index (χ1n) is 5.03. The normalized spacial score (nSPS) is 12.3. The van der Waals surface area contributed by atoms with Crippen molar-refractivity contribution >= 4 is 11.6 Å². The molecule has 1 aromatic rings. The van der Waals surface area contributed by atoms with E-state index in [9.17, 15) is 26.7 Å². The zero-order valence-electron chi connectivity index (χ0n) is 9.31. The van der Waals surface area contributed by atoms with E-state index < -0.39 is 23.6 Å². The molecule has 0 fully saturated rings. The Kier molecular flexibility index (Phi) is 3.93. The minimum absolute atomic E-state index is 0.0942. The molecular formula is C11H10F5NO. The van der Waals surface area contributed by atoms with Gasteiger partial charge < -0.3 is 5.32 Å². The average Bonchev–Trinajstić information content (AvgIpc) is 2.27. The van der Waals surface area contributed by atoms with Crippen LogP contribution in [0, 0.1) is 0 Å². The summed E-state index contributed by atoms with van der Waals surface area (Å²) in [5.74, 6) is -5.41. The van der Waals surface area contributed by atoms with Gasteiger partial charge in [0, 0.05) is 17.7 Å². The molecule has 1 rings (SSSR count). The summed E-state index contributed by atoms with van der Waals surface area (Å²) in [4.78, 5) is 11.0. The summed E-state index contributed by atoms with van der Waals surface area (Å²) in [7, 11) is 0. The molecule has 0 aliphatic rings. The first-order valence-corrected chi connectivity index (χ1v) is 5.03. The Morgan fingerprint density at radius 1 is 1.22 bits per heavy atom. The van der Waals surface area contributed by atoms with E-state index in [-0.39, 0.29) is 12.1 Å². The molecule has 0 aliphatic heterocycles. The second kappa shape index (κ2) is 4.91. The summed E-state index contributed by atoms with van der Waals surface area (Å²) < 4.78 is 62.5. The summed E-state index contributed by atoms with van der Waals surface area (Å²) in [5, 5.41) is 2.22. The number of carbonyl (C=O) groups is 1. The van der Waals surface area contributed by atoms with Crippen LogP contribution in [0.2, 0.25) is 0 Å². The molecule has 0 heterocycles. The third-order valence-electron chi connectivity index (χ3n) is 2.19. The molecule has 0 atom stereocenters. The zero-order valence-corrected chi connectivity index (χ0v) is 9.31. The molecule has 2 nitrogen and oxygen atoms in total. The van der Waals surface area contributed by atoms with Gasteiger partial charge in [0.2, 0.25) is 5.91 Å². The van der Waals surface area contributed by atoms with Gasteiger partial charge in [-0.05, 0) is 12.1 Å². The van der Waals surface area contributed by atoms with Crippen LogP contribution in [0.3, 0.4) is 0 Å². The highest BCUT2D eigenvalue weighted by Gasteiger charge is 2.58. The molecule has 18 heavy (non-hydrogen) atoms. The summed E-state index contributed by atoms with van der Waals surface area (Å²) in [6.45, 7) is 1.53. The number of hydrogen-bond donors (Lipinski definition) is 1. The molecule has 0 aliphatic carbocycles. The van der Waals surface area contributed by atoms with Gasteiger partial charge in [0.25, 0.3) is 0 Å². The molecule has 0 aromatic heterocycles. The van der Waals surface area contributed by atoms with Gasteiger partial charge >= 0.3 is 12.1 Å². The van der Waals surface area contributed by atoms with E-state index >= 15 is 0 Å². The van der Waals surface area contributed by atoms with Crippen LogP contribution >= 0.6 is 0 Å². The quantitative estimate of drug-likeness (QED) is 0.831. The Labute approximate surface area is 99.8 Å². The predicted octanol–water partition coefficient (Wildman–Crippen LogP) is 3.69. The average molecular weight is 267 g/mol. The van der Waals surface area contributed by atoms with Gasteiger partial charge in [-0.15, -0.1) is 0 Å². The lowest BCUT2D eigenvalue weighted by atomic mass is 10.1. The topological polar surface area (TPSA) is 29.1 Å². The highest BCUT2D eigenvalue weighted by Crippen LogP contribution is 2.44. The van der Waals surface area contributed by atoms with Crippen molar-refractivity contribution in [2.75, 3.05) is 5.32 Å². The molecule has 0 bridgehead atoms. The van der Waals surface area contributed by atoms with Gasteiger partial charge in [-0.3, -0.25) is 4.79 Å². The van der Waals surface area contributed by atoms with Gasteiger partial charge in [-0.2, -0.15) is 22.0 Å². The Balaban J connectivity index is 3.06. The molecular weight excluding hydrogens is 257 g/mol. The number of nitrogens with one attached hydrogen (secondary N) is 1. The van der Waals surface area contributed by atoms with Crippen LogP contribution in [0.5, 0.6) is 0 Å². The van der Waals surface area contributed by atoms with Crippen molar-refractivity contribution in [2.24, 2.45) is 0 Å². The smallest absolute Gasteiger partial charge is 0.326 e. The number of benzene rings is 1. The molecule has 0 saturated carbocycles. The van der Waals surface area contributed by atoms with Crippen LogP contribution in [-0.4, -0.2) is 12.1 Å². The fourth-order valence-corrected chi connectivity index (χ4v) is 1.21. The lowest BCUT2D eigenvalue weighted by Crippen LogP contribution is -2.33. The number of carbonyl (C=O) groups excluding carboxylic acids is 1. The minimum Gasteiger partial charge on any atom is -0.326 e. The number of amides is 1. The standard InChI is InChI=1S/C11H10F5NO/c1-2-9(18)17-8-5-3-4-7(6-8)10(12,13)11(14,15)16/h3-6H,2H2,1H3,(H,17,18). The highest BCUT2D eigenvalue weighted by atomic mass is 19.4. The largest absolute Gasteiger partial charge is 0.458 e. The Morgan fingerprint density at radius 2 is 1.83 bits per heavy atom. The molecule has 1 amide bonds. The van der Waals surface area contributed by atoms with Crippen LogP contribution in [-0.2, 0) is 10.7 Å². The molecule has 0 saturated heterocycles. The summed E-state index contributed by atoms with van der Waals surface area (Å²) in [5.41, 5.74) is -1.30. The number of hydrogen-bond acceptors (Lipinski definition) is 1. The maximum atomic E-state index is 13.0. The SMILES string of the molecule is CCC(=O)Nc1cccc(C(F)(F)C(F)(F)F)c1. The third kappa shape index (κ3) is 2.96. The van der Waals surface area contributed by atoms with Crippen LogP contribution in [0.4, 0.5) is 27.6 Å². The minimum atomic E-state index is -5.67. The fraction of sp³-hybridized carbons (Fsp3) is 0.364. The summed E-state index contributed by atoms with van der Waals surface area (Å²) in [6.07, 6.45) is -5.57. The first kappa shape index (κ1) is 14.4. The monoisotopic (exact) mass is 267 g/mol. The van der Waals surface area contributed by atoms with E-state index in [2.05, 4.69) is 5.32 Å². The number of anilines is 1. The predicted molar refractivity (Wildman–Crippen MR) is 55.3 cm³/mol. The van der Waals surface area contributed by atoms with Gasteiger partial charge in [0.15, 0.2) is 0 Å². The van der Waals surface area contributed by atoms with Crippen molar-refractivity contribution in [2.45, 2.75) is 25.4 Å². The fourth-order valence-electron chi connectivity index (χ4n) is 1.21. The van der Waals surface area contributed by atoms with E-state index in [1.807, 2.05) is 0 Å². The zero-order chi connectivity index (χ0) is 14.0. The second-order valence-electron chi connectivity index (χ2n) is 3.55. The highest BCUT2D eigenvalue weighted by molar-refractivity contribution is 5.90. The van der Waals surface area contributed by atoms with E-state index in [4.69, 9.17) is 0 Å². The molecule has 7 heteroatoms. The van der Waals surface area contributed by atoms with Gasteiger partial charge in [0.05, 0.1) is 0 Å². The van der Waals surface area contributed by atoms with Crippen molar-refractivity contribution in [1.29, 1.82) is 0 Å². The van der Waals surface area contributed by atoms with Crippen molar-refractivity contribution in [3.8, 4) is 0 Å². The maximum absolute atomic E-state index is 13.0. The number of halogens is 5. The van der Waals surface area contributed by atoms with Crippen molar-refractivity contribution in [3.63, 3.8) is 0 Å². The van der Waals surface area contributed by atoms with Gasteiger partial charge in [-0.25, -0.2) is 0 Å². The Hall–Kier alpha value is -1.66. The lowest BCUT2D eigenvalue weighted by Gasteiger charge is -2.20. The summed E-state index contributed by atoms with van der Waals surface area (Å²) in [6, 6.07) is 3.54. The van der Waals surface area contributed by atoms with Gasteiger partial charge in [0.1, 0.15) is 0 Å². The molecule has 0 radical (unpaired) electrons. The van der Waals surface area contributed by atoms with Crippen LogP contribution < -0.4 is 5.32 Å². The Morgan fingerprint density at radius 3 is 2.33 bits per heavy atom. The molecule has 1 aromatic carbocycles. The van der Waals surface area contributed by atoms with E-state index in [1.54, 1.807) is 0 Å². The molecule has 0 unspecified atom stereocenters. The third-order valence-corrected chi connectivity index (χ3v) is 2.19. The maximum Gasteiger partial charge on any atom is 0.458 e. The molecule has 1 N–H and O–H groups in total. The van der Waals surface area contributed by atoms with Gasteiger partial charge in [-0.1, -0.05) is 19.1 Å². The lowest BCUT2D eigenvalue weighted by molar-refractivity contribution is -0.289. The molecule has 100 valence electrons. The Bertz CT molecular complexity index is 441. The van der Waals surface area contributed by atoms with E-state index in [1.165, 1.54) is 13.0 Å². The number of rotatable bonds is 3. The van der Waals surface area contributed by atoms with Crippen LogP contribution in [0.25, 0.3) is 0 Å². The number of alkyl halides is 5. The van der Waals surface area contributed by atoms with Crippen molar-refractivity contribution in [3.05, 3.63) is 29.8 Å².